The van der Waals surface area contributed by atoms with Gasteiger partial charge >= 0.3 is 5.97 Å². The van der Waals surface area contributed by atoms with Gasteiger partial charge in [0.2, 0.25) is 0 Å². The maximum atomic E-state index is 12.5. The molecule has 1 heterocycles. The van der Waals surface area contributed by atoms with Gasteiger partial charge in [-0.2, -0.15) is 0 Å². The van der Waals surface area contributed by atoms with Crippen molar-refractivity contribution in [2.45, 2.75) is 38.5 Å². The van der Waals surface area contributed by atoms with Crippen molar-refractivity contribution in [1.82, 2.24) is 10.2 Å². The molecule has 31 heavy (non-hydrogen) atoms. The van der Waals surface area contributed by atoms with Gasteiger partial charge in [-0.25, -0.2) is 4.79 Å². The molecule has 8 nitrogen and oxygen atoms in total. The number of ether oxygens (including phenoxy) is 2. The van der Waals surface area contributed by atoms with E-state index in [-0.39, 0.29) is 35.0 Å². The van der Waals surface area contributed by atoms with Crippen molar-refractivity contribution in [3.63, 3.8) is 0 Å². The molecule has 0 spiro atoms. The Balaban J connectivity index is 1.49. The summed E-state index contributed by atoms with van der Waals surface area (Å²) in [6.45, 7) is 0.795. The van der Waals surface area contributed by atoms with E-state index < -0.39 is 18.5 Å². The van der Waals surface area contributed by atoms with Crippen LogP contribution in [-0.4, -0.2) is 62.0 Å². The molecule has 0 aromatic heterocycles. The zero-order chi connectivity index (χ0) is 22.2. The molecule has 1 aromatic rings. The Labute approximate surface area is 181 Å². The molecule has 3 amide bonds. The fourth-order valence-electron chi connectivity index (χ4n) is 3.75. The molecule has 1 N–H and O–H groups in total. The van der Waals surface area contributed by atoms with Crippen molar-refractivity contribution in [3.05, 3.63) is 46.5 Å². The highest BCUT2D eigenvalue weighted by atomic mass is 16.5. The Morgan fingerprint density at radius 2 is 1.94 bits per heavy atom. The van der Waals surface area contributed by atoms with Crippen LogP contribution in [0.1, 0.15) is 69.6 Å². The van der Waals surface area contributed by atoms with E-state index in [1.54, 1.807) is 7.11 Å². The first-order valence-corrected chi connectivity index (χ1v) is 10.6. The van der Waals surface area contributed by atoms with Crippen molar-refractivity contribution in [3.8, 4) is 0 Å². The molecule has 1 aliphatic heterocycles. The zero-order valence-electron chi connectivity index (χ0n) is 17.8. The van der Waals surface area contributed by atoms with E-state index in [1.807, 2.05) is 0 Å². The number of nitrogens with zero attached hydrogens (tertiary/aromatic N) is 1. The van der Waals surface area contributed by atoms with Crippen LogP contribution >= 0.6 is 0 Å². The van der Waals surface area contributed by atoms with Crippen LogP contribution in [0.3, 0.4) is 0 Å². The largest absolute Gasteiger partial charge is 0.452 e. The van der Waals surface area contributed by atoms with Gasteiger partial charge in [-0.1, -0.05) is 11.6 Å². The van der Waals surface area contributed by atoms with Gasteiger partial charge < -0.3 is 14.8 Å². The number of benzene rings is 1. The number of rotatable bonds is 10. The average molecular weight is 428 g/mol. The van der Waals surface area contributed by atoms with E-state index in [4.69, 9.17) is 9.47 Å². The molecule has 2 aliphatic rings. The number of fused-ring (bicyclic) bond motifs is 1. The Morgan fingerprint density at radius 1 is 1.13 bits per heavy atom. The summed E-state index contributed by atoms with van der Waals surface area (Å²) in [7, 11) is 1.55. The summed E-state index contributed by atoms with van der Waals surface area (Å²) in [4.78, 5) is 50.3. The van der Waals surface area contributed by atoms with Crippen LogP contribution in [-0.2, 0) is 14.3 Å². The van der Waals surface area contributed by atoms with Crippen molar-refractivity contribution < 1.29 is 28.7 Å². The number of carbonyl (C=O) groups excluding carboxylic acids is 4. The third-order valence-electron chi connectivity index (χ3n) is 5.42. The van der Waals surface area contributed by atoms with Crippen molar-refractivity contribution in [2.75, 3.05) is 33.4 Å². The molecule has 0 fully saturated rings. The normalized spacial score (nSPS) is 15.5. The number of allylic oxidation sites excluding steroid dienone is 1. The predicted molar refractivity (Wildman–Crippen MR) is 113 cm³/mol. The van der Waals surface area contributed by atoms with Crippen LogP contribution in [0.2, 0.25) is 0 Å². The summed E-state index contributed by atoms with van der Waals surface area (Å²) in [6.07, 6.45) is 8.16. The third-order valence-corrected chi connectivity index (χ3v) is 5.42. The molecule has 0 saturated heterocycles. The van der Waals surface area contributed by atoms with Crippen LogP contribution in [0.5, 0.6) is 0 Å². The number of carbonyl (C=O) groups is 4. The number of nitrogens with one attached hydrogen (secondary N) is 1. The molecule has 0 bridgehead atoms. The smallest absolute Gasteiger partial charge is 0.338 e. The van der Waals surface area contributed by atoms with E-state index in [1.165, 1.54) is 36.6 Å². The van der Waals surface area contributed by atoms with Crippen LogP contribution in [0.4, 0.5) is 0 Å². The topological polar surface area (TPSA) is 102 Å². The Kier molecular flexibility index (Phi) is 7.94. The molecule has 1 aliphatic carbocycles. The highest BCUT2D eigenvalue weighted by molar-refractivity contribution is 6.21. The highest BCUT2D eigenvalue weighted by Gasteiger charge is 2.35. The first-order valence-electron chi connectivity index (χ1n) is 10.6. The molecule has 8 heteroatoms. The van der Waals surface area contributed by atoms with Crippen LogP contribution in [0.25, 0.3) is 0 Å². The number of imide groups is 1. The van der Waals surface area contributed by atoms with E-state index in [2.05, 4.69) is 11.4 Å². The van der Waals surface area contributed by atoms with Crippen LogP contribution in [0, 0.1) is 0 Å². The average Bonchev–Trinajstić information content (AvgIpc) is 3.02. The van der Waals surface area contributed by atoms with E-state index in [0.29, 0.717) is 19.6 Å². The predicted octanol–water partition coefficient (Wildman–Crippen LogP) is 2.48. The first kappa shape index (κ1) is 22.7. The first-order chi connectivity index (χ1) is 15.0. The number of amides is 3. The van der Waals surface area contributed by atoms with Gasteiger partial charge in [0.1, 0.15) is 0 Å². The molecule has 0 radical (unpaired) electrons. The summed E-state index contributed by atoms with van der Waals surface area (Å²) >= 11 is 0. The number of methoxy groups -OCH3 is 1. The molecule has 166 valence electrons. The van der Waals surface area contributed by atoms with E-state index in [0.717, 1.165) is 24.2 Å². The van der Waals surface area contributed by atoms with Crippen molar-refractivity contribution >= 4 is 23.7 Å². The zero-order valence-corrected chi connectivity index (χ0v) is 17.8. The summed E-state index contributed by atoms with van der Waals surface area (Å²) in [5.41, 5.74) is 1.91. The molecule has 0 atom stereocenters. The minimum atomic E-state index is -0.717. The molecule has 0 saturated carbocycles. The van der Waals surface area contributed by atoms with Crippen molar-refractivity contribution in [2.24, 2.45) is 0 Å². The van der Waals surface area contributed by atoms with Gasteiger partial charge in [-0.05, 0) is 56.7 Å². The van der Waals surface area contributed by atoms with Crippen molar-refractivity contribution in [1.29, 1.82) is 0 Å². The maximum absolute atomic E-state index is 12.5. The maximum Gasteiger partial charge on any atom is 0.338 e. The monoisotopic (exact) mass is 428 g/mol. The summed E-state index contributed by atoms with van der Waals surface area (Å²) in [6, 6.07) is 4.22. The second-order valence-electron chi connectivity index (χ2n) is 7.65. The standard InChI is InChI=1S/C23H28N2O6/c1-30-13-5-12-25-21(27)18-9-8-17(14-19(18)22(25)28)23(29)31-15-20(26)24-11-10-16-6-3-2-4-7-16/h6,8-9,14H,2-5,7,10-13,15H2,1H3,(H,24,26). The van der Waals surface area contributed by atoms with Crippen LogP contribution < -0.4 is 5.32 Å². The van der Waals surface area contributed by atoms with E-state index >= 15 is 0 Å². The molecular formula is C23H28N2O6. The van der Waals surface area contributed by atoms with Gasteiger partial charge in [0.15, 0.2) is 6.61 Å². The van der Waals surface area contributed by atoms with Gasteiger partial charge in [0, 0.05) is 26.8 Å². The second-order valence-corrected chi connectivity index (χ2v) is 7.65. The summed E-state index contributed by atoms with van der Waals surface area (Å²) in [5, 5.41) is 2.75. The fraction of sp³-hybridized carbons (Fsp3) is 0.478. The third kappa shape index (κ3) is 5.79. The minimum absolute atomic E-state index is 0.124. The Morgan fingerprint density at radius 3 is 2.68 bits per heavy atom. The molecular weight excluding hydrogens is 400 g/mol. The lowest BCUT2D eigenvalue weighted by atomic mass is 9.97. The lowest BCUT2D eigenvalue weighted by Gasteiger charge is -2.13. The fourth-order valence-corrected chi connectivity index (χ4v) is 3.75. The van der Waals surface area contributed by atoms with Gasteiger partial charge in [-0.15, -0.1) is 0 Å². The summed E-state index contributed by atoms with van der Waals surface area (Å²) < 4.78 is 10.0. The van der Waals surface area contributed by atoms with Gasteiger partial charge in [0.25, 0.3) is 17.7 Å². The van der Waals surface area contributed by atoms with Crippen LogP contribution in [0.15, 0.2) is 29.8 Å². The van der Waals surface area contributed by atoms with Gasteiger partial charge in [0.05, 0.1) is 16.7 Å². The quantitative estimate of drug-likeness (QED) is 0.266. The SMILES string of the molecule is COCCCN1C(=O)c2ccc(C(=O)OCC(=O)NCCC3=CCCCC3)cc2C1=O. The Hall–Kier alpha value is -3.00. The number of hydrogen-bond acceptors (Lipinski definition) is 6. The number of esters is 1. The van der Waals surface area contributed by atoms with E-state index in [9.17, 15) is 19.2 Å². The summed E-state index contributed by atoms with van der Waals surface area (Å²) in [5.74, 6) is -1.92. The molecule has 3 rings (SSSR count). The molecule has 1 aromatic carbocycles. The highest BCUT2D eigenvalue weighted by Crippen LogP contribution is 2.24. The second kappa shape index (κ2) is 10.9. The molecule has 0 unspecified atom stereocenters. The van der Waals surface area contributed by atoms with Gasteiger partial charge in [-0.3, -0.25) is 19.3 Å². The Bertz CT molecular complexity index is 892. The number of hydrogen-bond donors (Lipinski definition) is 1. The lowest BCUT2D eigenvalue weighted by molar-refractivity contribution is -0.124. The lowest BCUT2D eigenvalue weighted by Crippen LogP contribution is -2.31. The minimum Gasteiger partial charge on any atom is -0.452 e.